The molecule has 0 aromatic rings. The van der Waals surface area contributed by atoms with E-state index in [9.17, 15) is 0 Å². The Bertz CT molecular complexity index is 207. The average molecular weight is 182 g/mol. The zero-order chi connectivity index (χ0) is 8.78. The van der Waals surface area contributed by atoms with E-state index in [1.807, 2.05) is 0 Å². The van der Waals surface area contributed by atoms with Crippen molar-refractivity contribution in [2.75, 3.05) is 19.6 Å². The molecule has 0 aromatic carbocycles. The molecule has 3 rings (SSSR count). The summed E-state index contributed by atoms with van der Waals surface area (Å²) < 4.78 is 6.28. The third-order valence-electron chi connectivity index (χ3n) is 3.75. The van der Waals surface area contributed by atoms with E-state index >= 15 is 0 Å². The maximum absolute atomic E-state index is 6.28. The third kappa shape index (κ3) is 1.22. The summed E-state index contributed by atoms with van der Waals surface area (Å²) in [5.74, 6) is 0. The van der Waals surface area contributed by atoms with Crippen LogP contribution in [0.15, 0.2) is 0 Å². The van der Waals surface area contributed by atoms with Crippen molar-refractivity contribution < 1.29 is 4.74 Å². The van der Waals surface area contributed by atoms with Gasteiger partial charge in [0, 0.05) is 19.6 Å². The van der Waals surface area contributed by atoms with Gasteiger partial charge in [-0.15, -0.1) is 0 Å². The number of hydrogen-bond acceptors (Lipinski definition) is 3. The largest absolute Gasteiger partial charge is 0.351 e. The van der Waals surface area contributed by atoms with Crippen molar-refractivity contribution in [3.8, 4) is 0 Å². The Morgan fingerprint density at radius 2 is 1.77 bits per heavy atom. The Balaban J connectivity index is 1.76. The average Bonchev–Trinajstić information content (AvgIpc) is 2.51. The van der Waals surface area contributed by atoms with Crippen LogP contribution < -0.4 is 10.6 Å². The van der Waals surface area contributed by atoms with Gasteiger partial charge in [-0.2, -0.15) is 0 Å². The van der Waals surface area contributed by atoms with E-state index < -0.39 is 0 Å². The van der Waals surface area contributed by atoms with Crippen LogP contribution >= 0.6 is 0 Å². The minimum Gasteiger partial charge on any atom is -0.351 e. The Morgan fingerprint density at radius 3 is 2.38 bits per heavy atom. The molecule has 0 bridgehead atoms. The normalized spacial score (nSPS) is 35.1. The van der Waals surface area contributed by atoms with Crippen molar-refractivity contribution in [3.63, 3.8) is 0 Å². The van der Waals surface area contributed by atoms with Crippen LogP contribution in [0.4, 0.5) is 0 Å². The van der Waals surface area contributed by atoms with Gasteiger partial charge in [-0.1, -0.05) is 0 Å². The summed E-state index contributed by atoms with van der Waals surface area (Å²) in [7, 11) is 0. The standard InChI is InChI=1S/C10H18N2O/c1-2-4-10(3-1)12-6-5-9(13-10)7-11-8-9/h11-12H,1-8H2. The third-order valence-corrected chi connectivity index (χ3v) is 3.75. The molecule has 3 heteroatoms. The molecule has 3 fully saturated rings. The second-order valence-electron chi connectivity index (χ2n) is 4.77. The van der Waals surface area contributed by atoms with Gasteiger partial charge in [0.2, 0.25) is 0 Å². The lowest BCUT2D eigenvalue weighted by molar-refractivity contribution is -0.215. The minimum absolute atomic E-state index is 0.0698. The Hall–Kier alpha value is -0.120. The lowest BCUT2D eigenvalue weighted by atomic mass is 9.89. The molecule has 2 spiro atoms. The molecule has 1 saturated carbocycles. The molecule has 2 saturated heterocycles. The lowest BCUT2D eigenvalue weighted by Crippen LogP contribution is -2.70. The molecule has 3 aliphatic rings. The van der Waals surface area contributed by atoms with Gasteiger partial charge in [0.25, 0.3) is 0 Å². The predicted molar refractivity (Wildman–Crippen MR) is 50.5 cm³/mol. The highest BCUT2D eigenvalue weighted by Gasteiger charge is 2.49. The summed E-state index contributed by atoms with van der Waals surface area (Å²) >= 11 is 0. The topological polar surface area (TPSA) is 33.3 Å². The first-order valence-corrected chi connectivity index (χ1v) is 5.49. The molecule has 1 aliphatic carbocycles. The fraction of sp³-hybridized carbons (Fsp3) is 1.00. The highest BCUT2D eigenvalue weighted by molar-refractivity contribution is 5.02. The first-order chi connectivity index (χ1) is 6.33. The van der Waals surface area contributed by atoms with Crippen LogP contribution in [-0.2, 0) is 4.74 Å². The van der Waals surface area contributed by atoms with Gasteiger partial charge in [0.1, 0.15) is 5.72 Å². The zero-order valence-corrected chi connectivity index (χ0v) is 8.07. The second kappa shape index (κ2) is 2.69. The van der Waals surface area contributed by atoms with Gasteiger partial charge in [-0.3, -0.25) is 5.32 Å². The first kappa shape index (κ1) is 8.21. The number of ether oxygens (including phenoxy) is 1. The van der Waals surface area contributed by atoms with Gasteiger partial charge in [0.05, 0.1) is 5.60 Å². The minimum atomic E-state index is 0.0698. The predicted octanol–water partition coefficient (Wildman–Crippen LogP) is 0.609. The molecule has 2 N–H and O–H groups in total. The summed E-state index contributed by atoms with van der Waals surface area (Å²) in [6.07, 6.45) is 6.28. The molecule has 74 valence electrons. The SMILES string of the molecule is C1CCC2(C1)NCCC1(CNC1)O2. The van der Waals surface area contributed by atoms with Crippen LogP contribution in [-0.4, -0.2) is 31.0 Å². The van der Waals surface area contributed by atoms with Gasteiger partial charge in [0.15, 0.2) is 0 Å². The Labute approximate surface area is 79.2 Å². The molecule has 2 aliphatic heterocycles. The van der Waals surface area contributed by atoms with Crippen LogP contribution in [0.25, 0.3) is 0 Å². The maximum atomic E-state index is 6.28. The van der Waals surface area contributed by atoms with E-state index in [1.54, 1.807) is 0 Å². The van der Waals surface area contributed by atoms with E-state index in [2.05, 4.69) is 10.6 Å². The second-order valence-corrected chi connectivity index (χ2v) is 4.77. The summed E-state index contributed by atoms with van der Waals surface area (Å²) in [5.41, 5.74) is 0.274. The van der Waals surface area contributed by atoms with Crippen LogP contribution in [0.1, 0.15) is 32.1 Å². The molecule has 0 radical (unpaired) electrons. The summed E-state index contributed by atoms with van der Waals surface area (Å²) in [5, 5.41) is 6.89. The lowest BCUT2D eigenvalue weighted by Gasteiger charge is -2.52. The van der Waals surface area contributed by atoms with Crippen molar-refractivity contribution in [1.29, 1.82) is 0 Å². The van der Waals surface area contributed by atoms with Crippen molar-refractivity contribution in [3.05, 3.63) is 0 Å². The van der Waals surface area contributed by atoms with Gasteiger partial charge < -0.3 is 10.1 Å². The van der Waals surface area contributed by atoms with Gasteiger partial charge in [-0.25, -0.2) is 0 Å². The van der Waals surface area contributed by atoms with Crippen LogP contribution in [0.2, 0.25) is 0 Å². The molecule has 3 nitrogen and oxygen atoms in total. The molecule has 0 atom stereocenters. The first-order valence-electron chi connectivity index (χ1n) is 5.49. The highest BCUT2D eigenvalue weighted by Crippen LogP contribution is 2.39. The van der Waals surface area contributed by atoms with Crippen LogP contribution in [0, 0.1) is 0 Å². The molecule has 0 aromatic heterocycles. The summed E-state index contributed by atoms with van der Waals surface area (Å²) in [6, 6.07) is 0. The fourth-order valence-corrected chi connectivity index (χ4v) is 2.90. The number of nitrogens with one attached hydrogen (secondary N) is 2. The van der Waals surface area contributed by atoms with E-state index in [0.29, 0.717) is 0 Å². The zero-order valence-electron chi connectivity index (χ0n) is 8.07. The maximum Gasteiger partial charge on any atom is 0.120 e. The van der Waals surface area contributed by atoms with E-state index in [0.717, 1.165) is 19.6 Å². The molecular formula is C10H18N2O. The van der Waals surface area contributed by atoms with Gasteiger partial charge in [-0.05, 0) is 32.1 Å². The van der Waals surface area contributed by atoms with Crippen LogP contribution in [0.3, 0.4) is 0 Å². The Morgan fingerprint density at radius 1 is 1.00 bits per heavy atom. The number of hydrogen-bond donors (Lipinski definition) is 2. The van der Waals surface area contributed by atoms with Crippen molar-refractivity contribution in [2.45, 2.75) is 43.4 Å². The van der Waals surface area contributed by atoms with E-state index in [1.165, 1.54) is 32.1 Å². The van der Waals surface area contributed by atoms with Crippen LogP contribution in [0.5, 0.6) is 0 Å². The molecule has 2 heterocycles. The monoisotopic (exact) mass is 182 g/mol. The van der Waals surface area contributed by atoms with Gasteiger partial charge >= 0.3 is 0 Å². The van der Waals surface area contributed by atoms with Crippen molar-refractivity contribution in [1.82, 2.24) is 10.6 Å². The number of rotatable bonds is 0. The molecular weight excluding hydrogens is 164 g/mol. The summed E-state index contributed by atoms with van der Waals surface area (Å²) in [4.78, 5) is 0. The molecule has 13 heavy (non-hydrogen) atoms. The van der Waals surface area contributed by atoms with E-state index in [-0.39, 0.29) is 11.3 Å². The van der Waals surface area contributed by atoms with Crippen molar-refractivity contribution >= 4 is 0 Å². The molecule has 0 unspecified atom stereocenters. The smallest absolute Gasteiger partial charge is 0.120 e. The molecule has 0 amide bonds. The fourth-order valence-electron chi connectivity index (χ4n) is 2.90. The highest BCUT2D eigenvalue weighted by atomic mass is 16.5. The Kier molecular flexibility index (Phi) is 1.70. The summed E-state index contributed by atoms with van der Waals surface area (Å²) in [6.45, 7) is 3.27. The quantitative estimate of drug-likeness (QED) is 0.576. The van der Waals surface area contributed by atoms with Crippen molar-refractivity contribution in [2.24, 2.45) is 0 Å². The van der Waals surface area contributed by atoms with E-state index in [4.69, 9.17) is 4.74 Å².